The number of fused-ring (bicyclic) bond motifs is 1. The molecule has 1 unspecified atom stereocenters. The summed E-state index contributed by atoms with van der Waals surface area (Å²) in [6, 6.07) is 10.2. The highest BCUT2D eigenvalue weighted by molar-refractivity contribution is 5.92. The fourth-order valence-electron chi connectivity index (χ4n) is 5.49. The minimum absolute atomic E-state index is 0.0543. The first-order valence-electron chi connectivity index (χ1n) is 13.5. The zero-order valence-electron chi connectivity index (χ0n) is 22.3. The lowest BCUT2D eigenvalue weighted by Gasteiger charge is -2.33. The average Bonchev–Trinajstić information content (AvgIpc) is 3.38. The van der Waals surface area contributed by atoms with Gasteiger partial charge >= 0.3 is 12.1 Å². The summed E-state index contributed by atoms with van der Waals surface area (Å²) in [7, 11) is 1.83. The monoisotopic (exact) mass is 557 g/mol. The smallest absolute Gasteiger partial charge is 0.408 e. The van der Waals surface area contributed by atoms with Crippen molar-refractivity contribution in [3.8, 4) is 0 Å². The van der Waals surface area contributed by atoms with E-state index < -0.39 is 24.0 Å². The average molecular weight is 558 g/mol. The van der Waals surface area contributed by atoms with Gasteiger partial charge < -0.3 is 24.8 Å². The molecule has 1 atom stereocenters. The van der Waals surface area contributed by atoms with Crippen LogP contribution >= 0.6 is 0 Å². The molecule has 10 nitrogen and oxygen atoms in total. The third-order valence-corrected chi connectivity index (χ3v) is 7.81. The Labute approximate surface area is 230 Å². The van der Waals surface area contributed by atoms with Crippen molar-refractivity contribution in [1.82, 2.24) is 19.9 Å². The number of benzene rings is 1. The van der Waals surface area contributed by atoms with Gasteiger partial charge in [-0.3, -0.25) is 0 Å². The van der Waals surface area contributed by atoms with Crippen LogP contribution in [0.4, 0.5) is 19.3 Å². The third kappa shape index (κ3) is 6.33. The highest BCUT2D eigenvalue weighted by Crippen LogP contribution is 2.41. The number of carboxylic acid groups (broad SMARTS) is 1. The SMILES string of the molecule is CN(c1cc2nc(C(NC(=O)OCc3ccccc3)C3CCC(F)(F)CC3)cn2nc1C(=O)O)C1CCOCC1. The van der Waals surface area contributed by atoms with Gasteiger partial charge in [0, 0.05) is 45.2 Å². The zero-order chi connectivity index (χ0) is 28.3. The number of carbonyl (C=O) groups excluding carboxylic acids is 1. The molecule has 1 saturated heterocycles. The van der Waals surface area contributed by atoms with Crippen LogP contribution in [0.5, 0.6) is 0 Å². The number of alkyl carbamates (subject to hydrolysis) is 1. The lowest BCUT2D eigenvalue weighted by atomic mass is 9.81. The van der Waals surface area contributed by atoms with Gasteiger partial charge in [-0.15, -0.1) is 0 Å². The lowest BCUT2D eigenvalue weighted by molar-refractivity contribution is -0.0497. The molecule has 2 aromatic heterocycles. The van der Waals surface area contributed by atoms with E-state index in [-0.39, 0.29) is 49.9 Å². The maximum absolute atomic E-state index is 14.0. The van der Waals surface area contributed by atoms with Crippen LogP contribution in [0.25, 0.3) is 5.65 Å². The number of anilines is 1. The van der Waals surface area contributed by atoms with Crippen LogP contribution < -0.4 is 10.2 Å². The number of ether oxygens (including phenoxy) is 2. The van der Waals surface area contributed by atoms with E-state index in [0.29, 0.717) is 30.2 Å². The molecule has 5 rings (SSSR count). The van der Waals surface area contributed by atoms with Crippen LogP contribution in [0.3, 0.4) is 0 Å². The predicted molar refractivity (Wildman–Crippen MR) is 142 cm³/mol. The zero-order valence-corrected chi connectivity index (χ0v) is 22.3. The standard InChI is InChI=1S/C28H33F2N5O5/c1-34(20-9-13-39-14-10-20)22-15-23-31-21(16-35(23)33-25(22)26(36)37)24(19-7-11-28(29,30)12-8-19)32-27(38)40-17-18-5-3-2-4-6-18/h2-6,15-16,19-20,24H,7-14,17H2,1H3,(H,32,38)(H,36,37). The van der Waals surface area contributed by atoms with Crippen molar-refractivity contribution in [2.75, 3.05) is 25.2 Å². The number of nitrogens with one attached hydrogen (secondary N) is 1. The van der Waals surface area contributed by atoms with Crippen LogP contribution in [0.1, 0.15) is 66.3 Å². The highest BCUT2D eigenvalue weighted by atomic mass is 19.3. The van der Waals surface area contributed by atoms with Gasteiger partial charge in [-0.05, 0) is 37.2 Å². The molecule has 0 bridgehead atoms. The molecular formula is C28H33F2N5O5. The van der Waals surface area contributed by atoms with E-state index in [4.69, 9.17) is 9.47 Å². The minimum Gasteiger partial charge on any atom is -0.476 e. The van der Waals surface area contributed by atoms with Crippen molar-refractivity contribution in [2.24, 2.45) is 5.92 Å². The highest BCUT2D eigenvalue weighted by Gasteiger charge is 2.39. The molecule has 0 spiro atoms. The number of nitrogens with zero attached hydrogens (tertiary/aromatic N) is 4. The maximum Gasteiger partial charge on any atom is 0.408 e. The third-order valence-electron chi connectivity index (χ3n) is 7.81. The number of carbonyl (C=O) groups is 2. The van der Waals surface area contributed by atoms with Gasteiger partial charge in [0.1, 0.15) is 6.61 Å². The molecular weight excluding hydrogens is 524 g/mol. The summed E-state index contributed by atoms with van der Waals surface area (Å²) in [5, 5.41) is 17.1. The molecule has 0 radical (unpaired) electrons. The largest absolute Gasteiger partial charge is 0.476 e. The number of rotatable bonds is 8. The molecule has 1 aromatic carbocycles. The molecule has 2 fully saturated rings. The Kier molecular flexibility index (Phi) is 8.15. The van der Waals surface area contributed by atoms with Crippen LogP contribution in [-0.4, -0.2) is 64.0 Å². The van der Waals surface area contributed by atoms with Crippen LogP contribution in [0.15, 0.2) is 42.6 Å². The normalized spacial score (nSPS) is 18.8. The first kappa shape index (κ1) is 27.8. The van der Waals surface area contributed by atoms with Crippen molar-refractivity contribution < 1.29 is 33.0 Å². The summed E-state index contributed by atoms with van der Waals surface area (Å²) in [5.41, 5.74) is 1.90. The number of halogens is 2. The van der Waals surface area contributed by atoms with E-state index in [1.165, 1.54) is 4.52 Å². The molecule has 40 heavy (non-hydrogen) atoms. The summed E-state index contributed by atoms with van der Waals surface area (Å²) in [5.74, 6) is -4.23. The topological polar surface area (TPSA) is 118 Å². The second-order valence-electron chi connectivity index (χ2n) is 10.5. The predicted octanol–water partition coefficient (Wildman–Crippen LogP) is 4.84. The number of amides is 1. The van der Waals surface area contributed by atoms with E-state index in [0.717, 1.165) is 18.4 Å². The van der Waals surface area contributed by atoms with Crippen LogP contribution in [-0.2, 0) is 16.1 Å². The number of imidazole rings is 1. The number of carboxylic acids is 1. The Morgan fingerprint density at radius 1 is 1.20 bits per heavy atom. The minimum atomic E-state index is -2.74. The summed E-state index contributed by atoms with van der Waals surface area (Å²) in [6.45, 7) is 1.24. The van der Waals surface area contributed by atoms with E-state index in [2.05, 4.69) is 15.4 Å². The van der Waals surface area contributed by atoms with Gasteiger partial charge in [0.05, 0.1) is 23.6 Å². The second-order valence-corrected chi connectivity index (χ2v) is 10.5. The van der Waals surface area contributed by atoms with Gasteiger partial charge in [-0.25, -0.2) is 27.9 Å². The molecule has 2 N–H and O–H groups in total. The number of hydrogen-bond donors (Lipinski definition) is 2. The van der Waals surface area contributed by atoms with Gasteiger partial charge in [0.15, 0.2) is 11.3 Å². The van der Waals surface area contributed by atoms with Crippen LogP contribution in [0.2, 0.25) is 0 Å². The van der Waals surface area contributed by atoms with Gasteiger partial charge in [-0.2, -0.15) is 5.10 Å². The summed E-state index contributed by atoms with van der Waals surface area (Å²) in [6.07, 6.45) is 2.17. The van der Waals surface area contributed by atoms with Gasteiger partial charge in [-0.1, -0.05) is 30.3 Å². The van der Waals surface area contributed by atoms with E-state index >= 15 is 0 Å². The Hall–Kier alpha value is -3.80. The molecule has 1 amide bonds. The molecule has 2 aliphatic rings. The Bertz CT molecular complexity index is 1340. The Morgan fingerprint density at radius 2 is 1.90 bits per heavy atom. The van der Waals surface area contributed by atoms with Crippen molar-refractivity contribution in [1.29, 1.82) is 0 Å². The maximum atomic E-state index is 14.0. The number of aromatic nitrogens is 3. The number of alkyl halides is 2. The molecule has 1 aliphatic heterocycles. The molecule has 214 valence electrons. The van der Waals surface area contributed by atoms with Crippen molar-refractivity contribution in [3.63, 3.8) is 0 Å². The fraction of sp³-hybridized carbons (Fsp3) is 0.500. The van der Waals surface area contributed by atoms with Crippen molar-refractivity contribution >= 4 is 23.4 Å². The molecule has 1 saturated carbocycles. The van der Waals surface area contributed by atoms with Crippen LogP contribution in [0, 0.1) is 5.92 Å². The van der Waals surface area contributed by atoms with Crippen molar-refractivity contribution in [3.05, 3.63) is 59.5 Å². The summed E-state index contributed by atoms with van der Waals surface area (Å²) < 4.78 is 40.1. The van der Waals surface area contributed by atoms with Gasteiger partial charge in [0.25, 0.3) is 0 Å². The molecule has 3 aromatic rings. The molecule has 3 heterocycles. The molecule has 1 aliphatic carbocycles. The number of aromatic carboxylic acids is 1. The van der Waals surface area contributed by atoms with E-state index in [1.807, 2.05) is 42.3 Å². The first-order chi connectivity index (χ1) is 19.2. The lowest BCUT2D eigenvalue weighted by Crippen LogP contribution is -2.37. The second kappa shape index (κ2) is 11.7. The van der Waals surface area contributed by atoms with E-state index in [9.17, 15) is 23.5 Å². The summed E-state index contributed by atoms with van der Waals surface area (Å²) >= 11 is 0. The molecule has 12 heteroatoms. The van der Waals surface area contributed by atoms with Crippen molar-refractivity contribution in [2.45, 2.75) is 63.1 Å². The van der Waals surface area contributed by atoms with E-state index in [1.54, 1.807) is 12.3 Å². The first-order valence-corrected chi connectivity index (χ1v) is 13.5. The van der Waals surface area contributed by atoms with Gasteiger partial charge in [0.2, 0.25) is 5.92 Å². The fourth-order valence-corrected chi connectivity index (χ4v) is 5.49. The summed E-state index contributed by atoms with van der Waals surface area (Å²) in [4.78, 5) is 31.5. The Morgan fingerprint density at radius 3 is 2.58 bits per heavy atom. The Balaban J connectivity index is 1.43. The number of hydrogen-bond acceptors (Lipinski definition) is 7. The quantitative estimate of drug-likeness (QED) is 0.404.